The van der Waals surface area contributed by atoms with Gasteiger partial charge in [0.05, 0.1) is 18.6 Å². The van der Waals surface area contributed by atoms with Gasteiger partial charge in [0.15, 0.2) is 5.79 Å². The lowest BCUT2D eigenvalue weighted by Gasteiger charge is -2.26. The zero-order valence-corrected chi connectivity index (χ0v) is 14.3. The predicted molar refractivity (Wildman–Crippen MR) is 86.3 cm³/mol. The normalized spacial score (nSPS) is 12.2. The lowest BCUT2D eigenvalue weighted by atomic mass is 9.91. The summed E-state index contributed by atoms with van der Waals surface area (Å²) in [5.74, 6) is -0.913. The van der Waals surface area contributed by atoms with Gasteiger partial charge in [0.2, 0.25) is 0 Å². The third kappa shape index (κ3) is 6.58. The second-order valence-electron chi connectivity index (χ2n) is 6.40. The van der Waals surface area contributed by atoms with Crippen LogP contribution in [0.5, 0.6) is 0 Å². The van der Waals surface area contributed by atoms with Gasteiger partial charge < -0.3 is 14.2 Å². The van der Waals surface area contributed by atoms with Crippen molar-refractivity contribution in [3.8, 4) is 0 Å². The van der Waals surface area contributed by atoms with Crippen LogP contribution in [-0.2, 0) is 25.6 Å². The van der Waals surface area contributed by atoms with Gasteiger partial charge in [-0.05, 0) is 39.7 Å². The van der Waals surface area contributed by atoms with E-state index in [0.29, 0.717) is 13.2 Å². The molecular formula is C18H28O4. The van der Waals surface area contributed by atoms with Gasteiger partial charge in [0.1, 0.15) is 6.61 Å². The molecule has 1 aromatic rings. The molecule has 1 rings (SSSR count). The van der Waals surface area contributed by atoms with Crippen molar-refractivity contribution in [2.24, 2.45) is 5.41 Å². The maximum atomic E-state index is 11.8. The van der Waals surface area contributed by atoms with Crippen LogP contribution in [0.15, 0.2) is 30.3 Å². The van der Waals surface area contributed by atoms with Gasteiger partial charge in [-0.1, -0.05) is 37.3 Å². The van der Waals surface area contributed by atoms with Crippen molar-refractivity contribution in [2.75, 3.05) is 13.2 Å². The molecule has 0 aromatic heterocycles. The molecule has 0 saturated carbocycles. The van der Waals surface area contributed by atoms with E-state index in [0.717, 1.165) is 12.0 Å². The molecule has 0 aliphatic heterocycles. The summed E-state index contributed by atoms with van der Waals surface area (Å²) in [6, 6.07) is 9.93. The largest absolute Gasteiger partial charge is 0.463 e. The molecule has 0 saturated heterocycles. The average molecular weight is 308 g/mol. The third-order valence-electron chi connectivity index (χ3n) is 3.63. The first-order valence-corrected chi connectivity index (χ1v) is 7.76. The molecule has 0 heterocycles. The Hall–Kier alpha value is -1.39. The fourth-order valence-electron chi connectivity index (χ4n) is 1.63. The SMILES string of the molecule is CCC(C)(C)C(=O)OCCOC(C)(C)OCc1ccccc1. The highest BCUT2D eigenvalue weighted by molar-refractivity contribution is 5.75. The van der Waals surface area contributed by atoms with E-state index in [1.54, 1.807) is 0 Å². The maximum absolute atomic E-state index is 11.8. The van der Waals surface area contributed by atoms with Gasteiger partial charge in [-0.25, -0.2) is 0 Å². The highest BCUT2D eigenvalue weighted by Gasteiger charge is 2.27. The van der Waals surface area contributed by atoms with Crippen molar-refractivity contribution >= 4 is 5.97 Å². The average Bonchev–Trinajstić information content (AvgIpc) is 2.50. The molecule has 0 amide bonds. The fraction of sp³-hybridized carbons (Fsp3) is 0.611. The van der Waals surface area contributed by atoms with Gasteiger partial charge in [-0.2, -0.15) is 0 Å². The van der Waals surface area contributed by atoms with Crippen LogP contribution in [0.25, 0.3) is 0 Å². The molecule has 1 aromatic carbocycles. The second-order valence-corrected chi connectivity index (χ2v) is 6.40. The smallest absolute Gasteiger partial charge is 0.311 e. The second kappa shape index (κ2) is 8.30. The molecular weight excluding hydrogens is 280 g/mol. The molecule has 0 bridgehead atoms. The first-order valence-electron chi connectivity index (χ1n) is 7.76. The lowest BCUT2D eigenvalue weighted by Crippen LogP contribution is -2.31. The summed E-state index contributed by atoms with van der Waals surface area (Å²) >= 11 is 0. The summed E-state index contributed by atoms with van der Waals surface area (Å²) in [4.78, 5) is 11.8. The van der Waals surface area contributed by atoms with Crippen molar-refractivity contribution < 1.29 is 19.0 Å². The number of rotatable bonds is 9. The molecule has 0 aliphatic rings. The standard InChI is InChI=1S/C18H28O4/c1-6-17(2,3)16(19)20-12-13-21-18(4,5)22-14-15-10-8-7-9-11-15/h7-11H,6,12-14H2,1-5H3. The number of carbonyl (C=O) groups is 1. The van der Waals surface area contributed by atoms with E-state index in [9.17, 15) is 4.79 Å². The quantitative estimate of drug-likeness (QED) is 0.394. The van der Waals surface area contributed by atoms with Crippen LogP contribution in [0.3, 0.4) is 0 Å². The zero-order chi connectivity index (χ0) is 16.6. The number of esters is 1. The number of hydrogen-bond acceptors (Lipinski definition) is 4. The highest BCUT2D eigenvalue weighted by atomic mass is 16.7. The predicted octanol–water partition coefficient (Wildman–Crippen LogP) is 3.94. The Labute approximate surface area is 133 Å². The first-order chi connectivity index (χ1) is 10.3. The minimum absolute atomic E-state index is 0.193. The van der Waals surface area contributed by atoms with E-state index in [-0.39, 0.29) is 12.6 Å². The first kappa shape index (κ1) is 18.7. The van der Waals surface area contributed by atoms with Crippen LogP contribution in [0.1, 0.15) is 46.6 Å². The van der Waals surface area contributed by atoms with E-state index in [1.807, 2.05) is 65.0 Å². The van der Waals surface area contributed by atoms with Crippen molar-refractivity contribution in [2.45, 2.75) is 53.4 Å². The topological polar surface area (TPSA) is 44.8 Å². The van der Waals surface area contributed by atoms with Crippen molar-refractivity contribution in [3.05, 3.63) is 35.9 Å². The fourth-order valence-corrected chi connectivity index (χ4v) is 1.63. The van der Waals surface area contributed by atoms with Crippen molar-refractivity contribution in [1.29, 1.82) is 0 Å². The van der Waals surface area contributed by atoms with Gasteiger partial charge in [0, 0.05) is 0 Å². The molecule has 0 unspecified atom stereocenters. The Morgan fingerprint density at radius 1 is 1.00 bits per heavy atom. The summed E-state index contributed by atoms with van der Waals surface area (Å²) in [5.41, 5.74) is 0.648. The zero-order valence-electron chi connectivity index (χ0n) is 14.3. The number of carbonyl (C=O) groups excluding carboxylic acids is 1. The maximum Gasteiger partial charge on any atom is 0.311 e. The summed E-state index contributed by atoms with van der Waals surface area (Å²) in [6.07, 6.45) is 0.748. The Balaban J connectivity index is 2.27. The van der Waals surface area contributed by atoms with Crippen molar-refractivity contribution in [1.82, 2.24) is 0 Å². The van der Waals surface area contributed by atoms with Gasteiger partial charge in [-0.15, -0.1) is 0 Å². The Bertz CT molecular complexity index is 451. The van der Waals surface area contributed by atoms with E-state index in [1.165, 1.54) is 0 Å². The highest BCUT2D eigenvalue weighted by Crippen LogP contribution is 2.21. The molecule has 0 fully saturated rings. The van der Waals surface area contributed by atoms with Crippen LogP contribution in [0.2, 0.25) is 0 Å². The number of ether oxygens (including phenoxy) is 3. The number of hydrogen-bond donors (Lipinski definition) is 0. The van der Waals surface area contributed by atoms with Crippen molar-refractivity contribution in [3.63, 3.8) is 0 Å². The molecule has 0 spiro atoms. The van der Waals surface area contributed by atoms with E-state index in [2.05, 4.69) is 0 Å². The minimum atomic E-state index is -0.720. The molecule has 124 valence electrons. The van der Waals surface area contributed by atoms with Crippen LogP contribution >= 0.6 is 0 Å². The molecule has 22 heavy (non-hydrogen) atoms. The summed E-state index contributed by atoms with van der Waals surface area (Å²) in [6.45, 7) is 10.5. The van der Waals surface area contributed by atoms with E-state index in [4.69, 9.17) is 14.2 Å². The van der Waals surface area contributed by atoms with Gasteiger partial charge in [0.25, 0.3) is 0 Å². The number of benzene rings is 1. The molecule has 4 heteroatoms. The van der Waals surface area contributed by atoms with Gasteiger partial charge in [-0.3, -0.25) is 4.79 Å². The Morgan fingerprint density at radius 3 is 2.23 bits per heavy atom. The third-order valence-corrected chi connectivity index (χ3v) is 3.63. The molecule has 0 radical (unpaired) electrons. The summed E-state index contributed by atoms with van der Waals surface area (Å²) in [5, 5.41) is 0. The van der Waals surface area contributed by atoms with Crippen LogP contribution < -0.4 is 0 Å². The van der Waals surface area contributed by atoms with Crippen LogP contribution in [0.4, 0.5) is 0 Å². The Kier molecular flexibility index (Phi) is 7.04. The van der Waals surface area contributed by atoms with E-state index < -0.39 is 11.2 Å². The Morgan fingerprint density at radius 2 is 1.64 bits per heavy atom. The van der Waals surface area contributed by atoms with Crippen LogP contribution in [0, 0.1) is 5.41 Å². The summed E-state index contributed by atoms with van der Waals surface area (Å²) < 4.78 is 16.6. The van der Waals surface area contributed by atoms with Crippen LogP contribution in [-0.4, -0.2) is 25.0 Å². The summed E-state index contributed by atoms with van der Waals surface area (Å²) in [7, 11) is 0. The molecule has 0 atom stereocenters. The molecule has 0 aliphatic carbocycles. The lowest BCUT2D eigenvalue weighted by molar-refractivity contribution is -0.225. The minimum Gasteiger partial charge on any atom is -0.463 e. The van der Waals surface area contributed by atoms with Gasteiger partial charge >= 0.3 is 5.97 Å². The van der Waals surface area contributed by atoms with E-state index >= 15 is 0 Å². The molecule has 4 nitrogen and oxygen atoms in total. The molecule has 0 N–H and O–H groups in total. The monoisotopic (exact) mass is 308 g/mol.